The van der Waals surface area contributed by atoms with Gasteiger partial charge in [0.15, 0.2) is 5.75 Å². The van der Waals surface area contributed by atoms with E-state index in [0.717, 1.165) is 0 Å². The molecule has 2 aromatic rings. The Balaban J connectivity index is 3.18. The van der Waals surface area contributed by atoms with Crippen LogP contribution in [0.5, 0.6) is 5.75 Å². The fourth-order valence-corrected chi connectivity index (χ4v) is 3.73. The Morgan fingerprint density at radius 2 is 0.895 bits per heavy atom. The second-order valence-electron chi connectivity index (χ2n) is 3.48. The summed E-state index contributed by atoms with van der Waals surface area (Å²) in [6.07, 6.45) is 0. The molecule has 0 amide bonds. The Kier molecular flexibility index (Phi) is 4.80. The van der Waals surface area contributed by atoms with Gasteiger partial charge in [-0.1, -0.05) is 81.2 Å². The molecule has 0 bridgehead atoms. The summed E-state index contributed by atoms with van der Waals surface area (Å²) < 4.78 is 5.10. The minimum atomic E-state index is 0.0834. The summed E-state index contributed by atoms with van der Waals surface area (Å²) in [7, 11) is 1.41. The number of rotatable bonds is 1. The van der Waals surface area contributed by atoms with Crippen LogP contribution >= 0.6 is 81.2 Å². The Morgan fingerprint density at radius 1 is 0.526 bits per heavy atom. The van der Waals surface area contributed by atoms with Gasteiger partial charge in [-0.05, 0) is 0 Å². The van der Waals surface area contributed by atoms with Gasteiger partial charge in [0.25, 0.3) is 0 Å². The summed E-state index contributed by atoms with van der Waals surface area (Å²) in [4.78, 5) is 0. The standard InChI is InChI=1S/C11H3Cl7O/c1-19-11-7(15)3-2(6(14)10(11)18)4(12)8(16)9(17)5(3)13/h1H3. The van der Waals surface area contributed by atoms with Crippen molar-refractivity contribution in [1.29, 1.82) is 0 Å². The maximum atomic E-state index is 6.21. The fourth-order valence-electron chi connectivity index (χ4n) is 1.64. The van der Waals surface area contributed by atoms with E-state index in [1.54, 1.807) is 0 Å². The number of benzene rings is 2. The first kappa shape index (κ1) is 15.9. The SMILES string of the molecule is COc1c(Cl)c(Cl)c2c(Cl)c(Cl)c(Cl)c(Cl)c2c1Cl. The van der Waals surface area contributed by atoms with E-state index >= 15 is 0 Å². The van der Waals surface area contributed by atoms with Gasteiger partial charge in [-0.3, -0.25) is 0 Å². The summed E-state index contributed by atoms with van der Waals surface area (Å²) in [6.45, 7) is 0. The zero-order chi connectivity index (χ0) is 14.5. The molecule has 0 radical (unpaired) electrons. The third kappa shape index (κ3) is 2.34. The van der Waals surface area contributed by atoms with Crippen molar-refractivity contribution >= 4 is 92.0 Å². The van der Waals surface area contributed by atoms with Gasteiger partial charge in [0, 0.05) is 10.8 Å². The van der Waals surface area contributed by atoms with Crippen LogP contribution in [-0.4, -0.2) is 7.11 Å². The number of hydrogen-bond donors (Lipinski definition) is 0. The van der Waals surface area contributed by atoms with Crippen LogP contribution in [0.15, 0.2) is 0 Å². The number of halogens is 7. The van der Waals surface area contributed by atoms with Gasteiger partial charge in [-0.25, -0.2) is 0 Å². The van der Waals surface area contributed by atoms with E-state index in [9.17, 15) is 0 Å². The Morgan fingerprint density at radius 3 is 1.32 bits per heavy atom. The normalized spacial score (nSPS) is 11.2. The van der Waals surface area contributed by atoms with Gasteiger partial charge in [0.2, 0.25) is 0 Å². The van der Waals surface area contributed by atoms with Crippen LogP contribution in [0.3, 0.4) is 0 Å². The molecule has 1 nitrogen and oxygen atoms in total. The first-order valence-electron chi connectivity index (χ1n) is 4.69. The molecule has 0 aliphatic carbocycles. The lowest BCUT2D eigenvalue weighted by Gasteiger charge is -2.15. The van der Waals surface area contributed by atoms with Crippen LogP contribution in [0, 0.1) is 0 Å². The van der Waals surface area contributed by atoms with E-state index < -0.39 is 0 Å². The quantitative estimate of drug-likeness (QED) is 0.358. The van der Waals surface area contributed by atoms with Crippen LogP contribution in [-0.2, 0) is 0 Å². The highest BCUT2D eigenvalue weighted by Crippen LogP contribution is 2.53. The van der Waals surface area contributed by atoms with Gasteiger partial charge in [-0.15, -0.1) is 0 Å². The van der Waals surface area contributed by atoms with E-state index in [1.807, 2.05) is 0 Å². The van der Waals surface area contributed by atoms with Crippen molar-refractivity contribution in [3.05, 3.63) is 35.2 Å². The largest absolute Gasteiger partial charge is 0.494 e. The van der Waals surface area contributed by atoms with Crippen molar-refractivity contribution in [3.8, 4) is 5.75 Å². The first-order chi connectivity index (χ1) is 8.82. The maximum absolute atomic E-state index is 6.21. The average molecular weight is 399 g/mol. The van der Waals surface area contributed by atoms with Crippen molar-refractivity contribution in [2.75, 3.05) is 7.11 Å². The van der Waals surface area contributed by atoms with E-state index in [4.69, 9.17) is 85.9 Å². The molecule has 19 heavy (non-hydrogen) atoms. The van der Waals surface area contributed by atoms with E-state index in [0.29, 0.717) is 10.8 Å². The van der Waals surface area contributed by atoms with Crippen LogP contribution in [0.4, 0.5) is 0 Å². The molecule has 0 heterocycles. The molecule has 102 valence electrons. The Labute approximate surface area is 144 Å². The molecule has 0 spiro atoms. The molecule has 0 N–H and O–H groups in total. The Bertz CT molecular complexity index is 696. The molecule has 0 aromatic heterocycles. The van der Waals surface area contributed by atoms with E-state index in [-0.39, 0.29) is 40.9 Å². The molecule has 0 aliphatic rings. The second kappa shape index (κ2) is 5.73. The lowest BCUT2D eigenvalue weighted by molar-refractivity contribution is 0.416. The highest BCUT2D eigenvalue weighted by molar-refractivity contribution is 6.59. The second-order valence-corrected chi connectivity index (χ2v) is 6.13. The molecule has 8 heteroatoms. The van der Waals surface area contributed by atoms with Crippen molar-refractivity contribution in [3.63, 3.8) is 0 Å². The molecule has 0 unspecified atom stereocenters. The van der Waals surface area contributed by atoms with E-state index in [1.165, 1.54) is 7.11 Å². The molecule has 0 fully saturated rings. The predicted octanol–water partition coefficient (Wildman–Crippen LogP) is 7.42. The van der Waals surface area contributed by atoms with Crippen LogP contribution in [0.2, 0.25) is 35.2 Å². The number of fused-ring (bicyclic) bond motifs is 1. The van der Waals surface area contributed by atoms with Gasteiger partial charge in [-0.2, -0.15) is 0 Å². The molecular formula is C11H3Cl7O. The lowest BCUT2D eigenvalue weighted by Crippen LogP contribution is -1.91. The summed E-state index contributed by atoms with van der Waals surface area (Å²) in [5.41, 5.74) is 0. The highest BCUT2D eigenvalue weighted by atomic mass is 35.5. The zero-order valence-corrected chi connectivity index (χ0v) is 14.3. The van der Waals surface area contributed by atoms with Crippen LogP contribution in [0.25, 0.3) is 10.8 Å². The monoisotopic (exact) mass is 396 g/mol. The van der Waals surface area contributed by atoms with Gasteiger partial charge in [0.05, 0.1) is 37.2 Å². The molecule has 2 aromatic carbocycles. The van der Waals surface area contributed by atoms with Crippen molar-refractivity contribution in [2.45, 2.75) is 0 Å². The number of ether oxygens (including phenoxy) is 1. The smallest absolute Gasteiger partial charge is 0.158 e. The van der Waals surface area contributed by atoms with Crippen molar-refractivity contribution in [2.24, 2.45) is 0 Å². The third-order valence-corrected chi connectivity index (χ3v) is 5.50. The first-order valence-corrected chi connectivity index (χ1v) is 7.33. The van der Waals surface area contributed by atoms with E-state index in [2.05, 4.69) is 0 Å². The number of hydrogen-bond acceptors (Lipinski definition) is 1. The van der Waals surface area contributed by atoms with Gasteiger partial charge < -0.3 is 4.74 Å². The van der Waals surface area contributed by atoms with Gasteiger partial charge >= 0.3 is 0 Å². The minimum absolute atomic E-state index is 0.0834. The lowest BCUT2D eigenvalue weighted by atomic mass is 10.1. The molecule has 0 atom stereocenters. The predicted molar refractivity (Wildman–Crippen MR) is 85.6 cm³/mol. The molecule has 0 aliphatic heterocycles. The third-order valence-electron chi connectivity index (χ3n) is 2.50. The van der Waals surface area contributed by atoms with Crippen molar-refractivity contribution < 1.29 is 4.74 Å². The number of methoxy groups -OCH3 is 1. The van der Waals surface area contributed by atoms with Crippen LogP contribution < -0.4 is 4.74 Å². The Hall–Kier alpha value is 0.530. The fraction of sp³-hybridized carbons (Fsp3) is 0.0909. The van der Waals surface area contributed by atoms with Crippen LogP contribution in [0.1, 0.15) is 0 Å². The molecule has 0 saturated heterocycles. The average Bonchev–Trinajstić information content (AvgIpc) is 2.38. The summed E-state index contributed by atoms with van der Waals surface area (Å²) in [5, 5.41) is 1.53. The highest BCUT2D eigenvalue weighted by Gasteiger charge is 2.24. The summed E-state index contributed by atoms with van der Waals surface area (Å²) in [5.74, 6) is 0.192. The maximum Gasteiger partial charge on any atom is 0.158 e. The molecular weight excluding hydrogens is 396 g/mol. The van der Waals surface area contributed by atoms with Gasteiger partial charge in [0.1, 0.15) is 5.02 Å². The summed E-state index contributed by atoms with van der Waals surface area (Å²) >= 11 is 42.7. The van der Waals surface area contributed by atoms with Crippen molar-refractivity contribution in [1.82, 2.24) is 0 Å². The topological polar surface area (TPSA) is 9.23 Å². The minimum Gasteiger partial charge on any atom is -0.494 e. The molecule has 0 saturated carbocycles. The molecule has 2 rings (SSSR count). The zero-order valence-electron chi connectivity index (χ0n) is 9.05. The summed E-state index contributed by atoms with van der Waals surface area (Å²) in [6, 6.07) is 0.